The van der Waals surface area contributed by atoms with Crippen LogP contribution in [0.5, 0.6) is 0 Å². The fraction of sp³-hybridized carbons (Fsp3) is 0.433. The highest BCUT2D eigenvalue weighted by atomic mass is 32.1. The Balaban J connectivity index is 1.48. The zero-order valence-electron chi connectivity index (χ0n) is 23.6. The van der Waals surface area contributed by atoms with E-state index in [-0.39, 0.29) is 17.5 Å². The molecule has 2 amide bonds. The number of nitrogens with zero attached hydrogens (tertiary/aromatic N) is 3. The van der Waals surface area contributed by atoms with Crippen molar-refractivity contribution in [1.29, 1.82) is 0 Å². The first-order chi connectivity index (χ1) is 20.2. The monoisotopic (exact) mass is 626 g/mol. The second kappa shape index (κ2) is 13.5. The van der Waals surface area contributed by atoms with Crippen LogP contribution >= 0.6 is 11.3 Å². The molecule has 2 aromatic carbocycles. The lowest BCUT2D eigenvalue weighted by Gasteiger charge is -2.32. The summed E-state index contributed by atoms with van der Waals surface area (Å²) >= 11 is 1.17. The van der Waals surface area contributed by atoms with Crippen molar-refractivity contribution in [1.82, 2.24) is 15.2 Å². The quantitative estimate of drug-likeness (QED) is 0.265. The van der Waals surface area contributed by atoms with Gasteiger partial charge in [0.05, 0.1) is 22.7 Å². The molecular weight excluding hydrogens is 594 g/mol. The van der Waals surface area contributed by atoms with Crippen LogP contribution < -0.4 is 10.2 Å². The van der Waals surface area contributed by atoms with Gasteiger partial charge >= 0.3 is 12.4 Å². The molecule has 1 unspecified atom stereocenters. The summed E-state index contributed by atoms with van der Waals surface area (Å²) in [6.07, 6.45) is -7.76. The summed E-state index contributed by atoms with van der Waals surface area (Å²) in [7, 11) is 1.54. The number of benzene rings is 2. The van der Waals surface area contributed by atoms with Crippen molar-refractivity contribution in [2.45, 2.75) is 56.9 Å². The minimum atomic E-state index is -4.99. The van der Waals surface area contributed by atoms with Gasteiger partial charge in [-0.15, -0.1) is 11.3 Å². The van der Waals surface area contributed by atoms with Gasteiger partial charge in [0, 0.05) is 25.9 Å². The van der Waals surface area contributed by atoms with E-state index in [1.54, 1.807) is 12.4 Å². The maximum Gasteiger partial charge on any atom is 0.416 e. The standard InChI is InChI=1S/C30H32F6N4O2S/c1-19(41)39(2)28-38-26(18-43-28)25(10-13-40-11-8-22(9-12-40)21-6-4-3-5-7-21)27(42)37-17-20-14-23(29(31,32)33)16-24(15-20)30(34,35)36/h3-7,14-16,18,22,25H,8-13,17H2,1-2H3,(H,37,42). The molecule has 0 spiro atoms. The number of hydrogen-bond donors (Lipinski definition) is 1. The maximum absolute atomic E-state index is 13.4. The van der Waals surface area contributed by atoms with E-state index < -0.39 is 41.8 Å². The van der Waals surface area contributed by atoms with Gasteiger partial charge in [-0.05, 0) is 74.1 Å². The third kappa shape index (κ3) is 8.56. The lowest BCUT2D eigenvalue weighted by molar-refractivity contribution is -0.143. The van der Waals surface area contributed by atoms with E-state index in [0.717, 1.165) is 25.9 Å². The van der Waals surface area contributed by atoms with Gasteiger partial charge in [0.25, 0.3) is 0 Å². The molecule has 1 fully saturated rings. The molecule has 232 valence electrons. The van der Waals surface area contributed by atoms with Gasteiger partial charge in [-0.1, -0.05) is 30.3 Å². The van der Waals surface area contributed by atoms with Gasteiger partial charge in [-0.2, -0.15) is 26.3 Å². The number of nitrogens with one attached hydrogen (secondary N) is 1. The smallest absolute Gasteiger partial charge is 0.351 e. The highest BCUT2D eigenvalue weighted by Crippen LogP contribution is 2.36. The second-order valence-corrected chi connectivity index (χ2v) is 11.5. The number of anilines is 1. The minimum absolute atomic E-state index is 0.0530. The highest BCUT2D eigenvalue weighted by molar-refractivity contribution is 7.14. The zero-order chi connectivity index (χ0) is 31.4. The molecule has 43 heavy (non-hydrogen) atoms. The van der Waals surface area contributed by atoms with E-state index in [0.29, 0.717) is 41.8 Å². The van der Waals surface area contributed by atoms with E-state index in [9.17, 15) is 35.9 Å². The van der Waals surface area contributed by atoms with Crippen molar-refractivity contribution < 1.29 is 35.9 Å². The third-order valence-corrected chi connectivity index (χ3v) is 8.58. The molecule has 1 atom stereocenters. The Bertz CT molecular complexity index is 1370. The number of piperidine rings is 1. The predicted octanol–water partition coefficient (Wildman–Crippen LogP) is 6.83. The average molecular weight is 627 g/mol. The number of carbonyl (C=O) groups excluding carboxylic acids is 2. The van der Waals surface area contributed by atoms with Crippen LogP contribution in [-0.4, -0.2) is 48.4 Å². The number of carbonyl (C=O) groups is 2. The second-order valence-electron chi connectivity index (χ2n) is 10.6. The van der Waals surface area contributed by atoms with Crippen LogP contribution in [0, 0.1) is 0 Å². The molecule has 2 heterocycles. The van der Waals surface area contributed by atoms with E-state index in [1.165, 1.54) is 28.7 Å². The molecule has 4 rings (SSSR count). The third-order valence-electron chi connectivity index (χ3n) is 7.65. The molecule has 1 aliphatic rings. The van der Waals surface area contributed by atoms with Crippen LogP contribution in [-0.2, 0) is 28.5 Å². The van der Waals surface area contributed by atoms with E-state index in [1.807, 2.05) is 18.2 Å². The molecule has 1 aliphatic heterocycles. The number of aromatic nitrogens is 1. The summed E-state index contributed by atoms with van der Waals surface area (Å²) in [5.41, 5.74) is -1.55. The largest absolute Gasteiger partial charge is 0.416 e. The van der Waals surface area contributed by atoms with Crippen LogP contribution in [0.4, 0.5) is 31.5 Å². The van der Waals surface area contributed by atoms with E-state index in [4.69, 9.17) is 0 Å². The summed E-state index contributed by atoms with van der Waals surface area (Å²) in [5, 5.41) is 4.54. The minimum Gasteiger partial charge on any atom is -0.351 e. The fourth-order valence-electron chi connectivity index (χ4n) is 5.10. The molecular formula is C30H32F6N4O2S. The predicted molar refractivity (Wildman–Crippen MR) is 152 cm³/mol. The summed E-state index contributed by atoms with van der Waals surface area (Å²) in [4.78, 5) is 33.3. The van der Waals surface area contributed by atoms with Crippen LogP contribution in [0.2, 0.25) is 0 Å². The Labute approximate surface area is 249 Å². The Hall–Kier alpha value is -3.45. The van der Waals surface area contributed by atoms with Crippen molar-refractivity contribution in [3.05, 3.63) is 81.9 Å². The van der Waals surface area contributed by atoms with Crippen molar-refractivity contribution in [2.75, 3.05) is 31.6 Å². The van der Waals surface area contributed by atoms with Crippen LogP contribution in [0.15, 0.2) is 53.9 Å². The van der Waals surface area contributed by atoms with E-state index in [2.05, 4.69) is 27.3 Å². The lowest BCUT2D eigenvalue weighted by atomic mass is 9.89. The molecule has 0 radical (unpaired) electrons. The molecule has 1 aromatic heterocycles. The maximum atomic E-state index is 13.4. The topological polar surface area (TPSA) is 65.5 Å². The molecule has 0 aliphatic carbocycles. The first-order valence-corrected chi connectivity index (χ1v) is 14.6. The number of amides is 2. The number of halogens is 6. The zero-order valence-corrected chi connectivity index (χ0v) is 24.5. The van der Waals surface area contributed by atoms with E-state index >= 15 is 0 Å². The lowest BCUT2D eigenvalue weighted by Crippen LogP contribution is -2.36. The first kappa shape index (κ1) is 32.5. The van der Waals surface area contributed by atoms with Crippen LogP contribution in [0.25, 0.3) is 0 Å². The van der Waals surface area contributed by atoms with Crippen molar-refractivity contribution in [3.63, 3.8) is 0 Å². The molecule has 6 nitrogen and oxygen atoms in total. The Kier molecular flexibility index (Phi) is 10.2. The Morgan fingerprint density at radius 1 is 1.02 bits per heavy atom. The summed E-state index contributed by atoms with van der Waals surface area (Å²) < 4.78 is 79.9. The summed E-state index contributed by atoms with van der Waals surface area (Å²) in [5.74, 6) is -1.22. The van der Waals surface area contributed by atoms with Gasteiger partial charge < -0.3 is 10.2 Å². The van der Waals surface area contributed by atoms with Gasteiger partial charge in [0.15, 0.2) is 5.13 Å². The van der Waals surface area contributed by atoms with Crippen LogP contribution in [0.3, 0.4) is 0 Å². The number of rotatable bonds is 9. The normalized spacial score (nSPS) is 15.7. The van der Waals surface area contributed by atoms with Gasteiger partial charge in [-0.25, -0.2) is 4.98 Å². The van der Waals surface area contributed by atoms with Crippen molar-refractivity contribution in [3.8, 4) is 0 Å². The van der Waals surface area contributed by atoms with Gasteiger partial charge in [-0.3, -0.25) is 14.5 Å². The SMILES string of the molecule is CC(=O)N(C)c1nc(C(CCN2CCC(c3ccccc3)CC2)C(=O)NCc2cc(C(F)(F)F)cc(C(F)(F)F)c2)cs1. The van der Waals surface area contributed by atoms with Gasteiger partial charge in [0.1, 0.15) is 0 Å². The molecule has 3 aromatic rings. The Morgan fingerprint density at radius 3 is 2.19 bits per heavy atom. The van der Waals surface area contributed by atoms with Crippen molar-refractivity contribution >= 4 is 28.3 Å². The molecule has 0 bridgehead atoms. The molecule has 1 saturated heterocycles. The number of hydrogen-bond acceptors (Lipinski definition) is 5. The highest BCUT2D eigenvalue weighted by Gasteiger charge is 2.37. The summed E-state index contributed by atoms with van der Waals surface area (Å²) in [6, 6.07) is 11.5. The average Bonchev–Trinajstić information content (AvgIpc) is 3.45. The van der Waals surface area contributed by atoms with Gasteiger partial charge in [0.2, 0.25) is 11.8 Å². The molecule has 1 N–H and O–H groups in total. The van der Waals surface area contributed by atoms with Crippen LogP contribution in [0.1, 0.15) is 66.0 Å². The molecule has 0 saturated carbocycles. The molecule has 13 heteroatoms. The number of likely N-dealkylation sites (tertiary alicyclic amines) is 1. The summed E-state index contributed by atoms with van der Waals surface area (Å²) in [6.45, 7) is 3.00. The van der Waals surface area contributed by atoms with Crippen molar-refractivity contribution in [2.24, 2.45) is 0 Å². The number of alkyl halides is 6. The number of thiazole rings is 1. The first-order valence-electron chi connectivity index (χ1n) is 13.8. The fourth-order valence-corrected chi connectivity index (χ4v) is 5.99. The Morgan fingerprint density at radius 2 is 1.63 bits per heavy atom.